The largest absolute Gasteiger partial charge is 0.482 e. The number of hydrogen-bond acceptors (Lipinski definition) is 5. The number of carbonyl (C=O) groups is 3. The van der Waals surface area contributed by atoms with Crippen molar-refractivity contribution in [2.24, 2.45) is 10.8 Å². The Morgan fingerprint density at radius 1 is 0.925 bits per heavy atom. The molecule has 2 aromatic rings. The number of Topliss-reactive ketones (excluding diaryl/α,β-unsaturated/α-hetero) is 2. The third-order valence-corrected chi connectivity index (χ3v) is 8.46. The smallest absolute Gasteiger partial charge is 0.262 e. The van der Waals surface area contributed by atoms with E-state index in [9.17, 15) is 14.4 Å². The number of nitrogens with one attached hydrogen (secondary N) is 1. The molecule has 1 amide bonds. The summed E-state index contributed by atoms with van der Waals surface area (Å²) in [6.45, 7) is 10.3. The van der Waals surface area contributed by atoms with Crippen LogP contribution in [0.3, 0.4) is 0 Å². The van der Waals surface area contributed by atoms with Crippen LogP contribution in [0.1, 0.15) is 70.4 Å². The van der Waals surface area contributed by atoms with Crippen molar-refractivity contribution in [2.75, 3.05) is 19.0 Å². The van der Waals surface area contributed by atoms with E-state index in [4.69, 9.17) is 16.3 Å². The van der Waals surface area contributed by atoms with Crippen LogP contribution in [-0.2, 0) is 14.4 Å². The van der Waals surface area contributed by atoms with Gasteiger partial charge < -0.3 is 15.0 Å². The van der Waals surface area contributed by atoms with Crippen LogP contribution in [0.5, 0.6) is 5.75 Å². The standard InChI is InChI=1S/C33H37ClN2O4/c1-19-7-10-21(11-8-19)35-28(39)18-40-27-12-9-20(13-22(27)34)29-30-23(14-32(2,3)16-25(30)37)36(6)24-15-33(4,5)17-26(38)31(24)29/h7-13,29H,14-18H2,1-6H3,(H,35,39). The van der Waals surface area contributed by atoms with Crippen molar-refractivity contribution in [1.29, 1.82) is 0 Å². The summed E-state index contributed by atoms with van der Waals surface area (Å²) in [5, 5.41) is 3.14. The minimum atomic E-state index is -0.468. The van der Waals surface area contributed by atoms with Crippen LogP contribution in [0.15, 0.2) is 65.0 Å². The summed E-state index contributed by atoms with van der Waals surface area (Å²) in [5.74, 6) is -0.236. The highest BCUT2D eigenvalue weighted by Gasteiger charge is 2.48. The van der Waals surface area contributed by atoms with Gasteiger partial charge in [-0.15, -0.1) is 0 Å². The van der Waals surface area contributed by atoms with Gasteiger partial charge in [0.15, 0.2) is 18.2 Å². The summed E-state index contributed by atoms with van der Waals surface area (Å²) in [5.41, 5.74) is 5.68. The van der Waals surface area contributed by atoms with Crippen LogP contribution in [0.4, 0.5) is 5.69 Å². The average molecular weight is 561 g/mol. The number of benzene rings is 2. The van der Waals surface area contributed by atoms with Crippen LogP contribution < -0.4 is 10.1 Å². The molecule has 40 heavy (non-hydrogen) atoms. The van der Waals surface area contributed by atoms with Gasteiger partial charge in [0.25, 0.3) is 5.91 Å². The fourth-order valence-electron chi connectivity index (χ4n) is 6.29. The lowest BCUT2D eigenvalue weighted by atomic mass is 9.64. The van der Waals surface area contributed by atoms with Crippen molar-refractivity contribution in [3.63, 3.8) is 0 Å². The van der Waals surface area contributed by atoms with E-state index in [1.165, 1.54) is 0 Å². The van der Waals surface area contributed by atoms with Gasteiger partial charge in [0.2, 0.25) is 0 Å². The first kappa shape index (κ1) is 28.2. The van der Waals surface area contributed by atoms with Crippen LogP contribution >= 0.6 is 11.6 Å². The number of allylic oxidation sites excluding steroid dienone is 4. The Morgan fingerprint density at radius 2 is 1.48 bits per heavy atom. The Labute approximate surface area is 241 Å². The zero-order valence-electron chi connectivity index (χ0n) is 24.1. The van der Waals surface area contributed by atoms with Crippen LogP contribution in [0.2, 0.25) is 5.02 Å². The zero-order valence-corrected chi connectivity index (χ0v) is 24.9. The van der Waals surface area contributed by atoms with E-state index in [0.717, 1.165) is 35.4 Å². The molecule has 3 aliphatic rings. The molecule has 1 heterocycles. The molecule has 7 heteroatoms. The average Bonchev–Trinajstić information content (AvgIpc) is 2.85. The molecular weight excluding hydrogens is 524 g/mol. The van der Waals surface area contributed by atoms with E-state index in [-0.39, 0.29) is 34.9 Å². The number of anilines is 1. The molecule has 0 fully saturated rings. The summed E-state index contributed by atoms with van der Waals surface area (Å²) in [4.78, 5) is 41.9. The Balaban J connectivity index is 1.46. The lowest BCUT2D eigenvalue weighted by molar-refractivity contribution is -0.120. The van der Waals surface area contributed by atoms with Crippen molar-refractivity contribution in [3.8, 4) is 5.75 Å². The van der Waals surface area contributed by atoms with Crippen molar-refractivity contribution in [2.45, 2.75) is 66.2 Å². The Hall–Kier alpha value is -3.38. The van der Waals surface area contributed by atoms with Gasteiger partial charge in [-0.2, -0.15) is 0 Å². The summed E-state index contributed by atoms with van der Waals surface area (Å²) in [6, 6.07) is 12.9. The molecule has 0 bridgehead atoms. The Morgan fingerprint density at radius 3 is 2.00 bits per heavy atom. The number of ketones is 2. The second-order valence-electron chi connectivity index (χ2n) is 13.0. The highest BCUT2D eigenvalue weighted by molar-refractivity contribution is 6.32. The van der Waals surface area contributed by atoms with Gasteiger partial charge in [-0.05, 0) is 60.4 Å². The summed E-state index contributed by atoms with van der Waals surface area (Å²) in [7, 11) is 2.00. The minimum Gasteiger partial charge on any atom is -0.482 e. The monoisotopic (exact) mass is 560 g/mol. The first-order chi connectivity index (χ1) is 18.7. The van der Waals surface area contributed by atoms with E-state index >= 15 is 0 Å². The van der Waals surface area contributed by atoms with Gasteiger partial charge in [-0.3, -0.25) is 14.4 Å². The first-order valence-electron chi connectivity index (χ1n) is 13.8. The highest BCUT2D eigenvalue weighted by Crippen LogP contribution is 2.54. The molecular formula is C33H37ClN2O4. The number of nitrogens with zero attached hydrogens (tertiary/aromatic N) is 1. The summed E-state index contributed by atoms with van der Waals surface area (Å²) < 4.78 is 5.75. The third kappa shape index (κ3) is 5.46. The second-order valence-corrected chi connectivity index (χ2v) is 13.4. The molecule has 0 saturated heterocycles. The first-order valence-corrected chi connectivity index (χ1v) is 14.2. The number of hydrogen-bond donors (Lipinski definition) is 1. The SMILES string of the molecule is Cc1ccc(NC(=O)COc2ccc(C3C4=C(CC(C)(C)CC4=O)N(C)C4=C3C(=O)CC(C)(C)C4)cc2Cl)cc1. The molecule has 0 aromatic heterocycles. The van der Waals surface area contributed by atoms with E-state index < -0.39 is 5.92 Å². The molecule has 1 aliphatic heterocycles. The van der Waals surface area contributed by atoms with Crippen LogP contribution in [0, 0.1) is 17.8 Å². The van der Waals surface area contributed by atoms with Gasteiger partial charge in [-0.25, -0.2) is 0 Å². The number of ether oxygens (including phenoxy) is 1. The molecule has 5 rings (SSSR count). The number of carbonyl (C=O) groups excluding carboxylic acids is 3. The highest BCUT2D eigenvalue weighted by atomic mass is 35.5. The fourth-order valence-corrected chi connectivity index (χ4v) is 6.53. The number of aryl methyl sites for hydroxylation is 1. The maximum absolute atomic E-state index is 13.7. The Bertz CT molecular complexity index is 1410. The lowest BCUT2D eigenvalue weighted by Gasteiger charge is -2.47. The maximum Gasteiger partial charge on any atom is 0.262 e. The second kappa shape index (κ2) is 10.2. The predicted molar refractivity (Wildman–Crippen MR) is 157 cm³/mol. The van der Waals surface area contributed by atoms with Gasteiger partial charge in [0, 0.05) is 54.0 Å². The number of amides is 1. The molecule has 0 atom stereocenters. The van der Waals surface area contributed by atoms with Crippen molar-refractivity contribution in [1.82, 2.24) is 4.90 Å². The Kier molecular flexibility index (Phi) is 7.20. The summed E-state index contributed by atoms with van der Waals surface area (Å²) in [6.07, 6.45) is 2.39. The van der Waals surface area contributed by atoms with Crippen LogP contribution in [0.25, 0.3) is 0 Å². The minimum absolute atomic E-state index is 0.0801. The molecule has 2 aromatic carbocycles. The van der Waals surface area contributed by atoms with Gasteiger partial charge in [0.1, 0.15) is 5.75 Å². The van der Waals surface area contributed by atoms with Gasteiger partial charge >= 0.3 is 0 Å². The van der Waals surface area contributed by atoms with Crippen LogP contribution in [-0.4, -0.2) is 36.0 Å². The number of halogens is 1. The van der Waals surface area contributed by atoms with Crippen molar-refractivity contribution >= 4 is 34.8 Å². The van der Waals surface area contributed by atoms with E-state index in [0.29, 0.717) is 40.4 Å². The molecule has 210 valence electrons. The molecule has 0 spiro atoms. The predicted octanol–water partition coefficient (Wildman–Crippen LogP) is 6.98. The van der Waals surface area contributed by atoms with E-state index in [1.54, 1.807) is 12.1 Å². The third-order valence-electron chi connectivity index (χ3n) is 8.16. The topological polar surface area (TPSA) is 75.7 Å². The quantitative estimate of drug-likeness (QED) is 0.427. The van der Waals surface area contributed by atoms with Crippen molar-refractivity contribution < 1.29 is 19.1 Å². The molecule has 0 radical (unpaired) electrons. The lowest BCUT2D eigenvalue weighted by Crippen LogP contribution is -2.43. The fraction of sp³-hybridized carbons (Fsp3) is 0.424. The normalized spacial score (nSPS) is 20.3. The van der Waals surface area contributed by atoms with Crippen molar-refractivity contribution in [3.05, 3.63) is 81.2 Å². The molecule has 0 unspecified atom stereocenters. The maximum atomic E-state index is 13.7. The zero-order chi connectivity index (χ0) is 29.0. The van der Waals surface area contributed by atoms with E-state index in [1.807, 2.05) is 44.3 Å². The molecule has 2 aliphatic carbocycles. The van der Waals surface area contributed by atoms with Gasteiger partial charge in [0.05, 0.1) is 5.02 Å². The van der Waals surface area contributed by atoms with Gasteiger partial charge in [-0.1, -0.05) is 63.1 Å². The number of rotatable bonds is 5. The molecule has 6 nitrogen and oxygen atoms in total. The molecule has 0 saturated carbocycles. The molecule has 1 N–H and O–H groups in total. The van der Waals surface area contributed by atoms with E-state index in [2.05, 4.69) is 37.9 Å². The summed E-state index contributed by atoms with van der Waals surface area (Å²) >= 11 is 6.68.